The van der Waals surface area contributed by atoms with Gasteiger partial charge < -0.3 is 10.3 Å². The fraction of sp³-hybridized carbons (Fsp3) is 0.154. The maximum Gasteiger partial charge on any atom is 0.232 e. The van der Waals surface area contributed by atoms with E-state index in [1.165, 1.54) is 11.3 Å². The summed E-state index contributed by atoms with van der Waals surface area (Å²) in [7, 11) is 0. The molecular formula is C13H11ClN4OS2. The predicted octanol–water partition coefficient (Wildman–Crippen LogP) is 3.64. The number of anilines is 1. The largest absolute Gasteiger partial charge is 0.375 e. The third-order valence-corrected chi connectivity index (χ3v) is 4.52. The van der Waals surface area contributed by atoms with Gasteiger partial charge in [-0.15, -0.1) is 23.1 Å². The van der Waals surface area contributed by atoms with Gasteiger partial charge in [-0.05, 0) is 18.2 Å². The van der Waals surface area contributed by atoms with Crippen LogP contribution >= 0.6 is 34.7 Å². The maximum atomic E-state index is 5.94. The van der Waals surface area contributed by atoms with Crippen LogP contribution in [-0.2, 0) is 12.2 Å². The van der Waals surface area contributed by atoms with Gasteiger partial charge in [-0.3, -0.25) is 0 Å². The summed E-state index contributed by atoms with van der Waals surface area (Å²) in [6, 6.07) is 7.66. The monoisotopic (exact) mass is 338 g/mol. The minimum Gasteiger partial charge on any atom is -0.375 e. The molecule has 0 unspecified atom stereocenters. The SMILES string of the molecule is Nc1nc(Cc2nc(CSc3cccc(Cl)c3)no2)cs1. The Balaban J connectivity index is 1.60. The quantitative estimate of drug-likeness (QED) is 0.715. The van der Waals surface area contributed by atoms with E-state index in [0.717, 1.165) is 15.6 Å². The molecule has 0 fully saturated rings. The molecule has 2 aromatic heterocycles. The zero-order chi connectivity index (χ0) is 14.7. The second-order valence-electron chi connectivity index (χ2n) is 4.20. The first-order valence-corrected chi connectivity index (χ1v) is 8.33. The molecule has 8 heteroatoms. The molecule has 5 nitrogen and oxygen atoms in total. The molecule has 1 aromatic carbocycles. The Morgan fingerprint density at radius 1 is 1.33 bits per heavy atom. The highest BCUT2D eigenvalue weighted by Gasteiger charge is 2.09. The summed E-state index contributed by atoms with van der Waals surface area (Å²) < 4.78 is 5.21. The smallest absolute Gasteiger partial charge is 0.232 e. The maximum absolute atomic E-state index is 5.94. The predicted molar refractivity (Wildman–Crippen MR) is 84.6 cm³/mol. The Labute approximate surface area is 134 Å². The fourth-order valence-corrected chi connectivity index (χ4v) is 3.30. The number of hydrogen-bond donors (Lipinski definition) is 1. The van der Waals surface area contributed by atoms with Gasteiger partial charge >= 0.3 is 0 Å². The molecule has 0 atom stereocenters. The standard InChI is InChI=1S/C13H11ClN4OS2/c14-8-2-1-3-10(4-8)20-7-11-17-12(19-18-11)5-9-6-21-13(15)16-9/h1-4,6H,5,7H2,(H2,15,16). The fourth-order valence-electron chi connectivity index (χ4n) is 1.68. The first kappa shape index (κ1) is 14.4. The van der Waals surface area contributed by atoms with Crippen LogP contribution in [-0.4, -0.2) is 15.1 Å². The number of nitrogens with two attached hydrogens (primary N) is 1. The van der Waals surface area contributed by atoms with Crippen molar-refractivity contribution >= 4 is 39.8 Å². The van der Waals surface area contributed by atoms with E-state index in [1.54, 1.807) is 11.8 Å². The lowest BCUT2D eigenvalue weighted by atomic mass is 10.3. The number of nitrogen functional groups attached to an aromatic ring is 1. The number of rotatable bonds is 5. The normalized spacial score (nSPS) is 10.9. The lowest BCUT2D eigenvalue weighted by Gasteiger charge is -1.98. The summed E-state index contributed by atoms with van der Waals surface area (Å²) >= 11 is 8.95. The Hall–Kier alpha value is -1.57. The molecule has 3 rings (SSSR count). The Bertz CT molecular complexity index is 743. The Morgan fingerprint density at radius 2 is 2.24 bits per heavy atom. The summed E-state index contributed by atoms with van der Waals surface area (Å²) in [4.78, 5) is 9.58. The molecule has 0 bridgehead atoms. The minimum absolute atomic E-state index is 0.503. The molecule has 2 heterocycles. The average Bonchev–Trinajstić information content (AvgIpc) is 3.06. The van der Waals surface area contributed by atoms with Gasteiger partial charge in [-0.2, -0.15) is 4.98 Å². The van der Waals surface area contributed by atoms with Crippen LogP contribution < -0.4 is 5.73 Å². The van der Waals surface area contributed by atoms with Crippen molar-refractivity contribution in [3.05, 3.63) is 52.1 Å². The van der Waals surface area contributed by atoms with Gasteiger partial charge in [0.1, 0.15) is 0 Å². The molecule has 21 heavy (non-hydrogen) atoms. The van der Waals surface area contributed by atoms with E-state index in [4.69, 9.17) is 21.9 Å². The molecule has 0 spiro atoms. The van der Waals surface area contributed by atoms with Gasteiger partial charge in [-0.1, -0.05) is 22.8 Å². The topological polar surface area (TPSA) is 77.8 Å². The summed E-state index contributed by atoms with van der Waals surface area (Å²) in [6.45, 7) is 0. The van der Waals surface area contributed by atoms with Crippen molar-refractivity contribution in [2.75, 3.05) is 5.73 Å². The molecule has 0 aliphatic carbocycles. The van der Waals surface area contributed by atoms with E-state index in [0.29, 0.717) is 29.0 Å². The van der Waals surface area contributed by atoms with Crippen LogP contribution in [0.5, 0.6) is 0 Å². The molecule has 0 aliphatic heterocycles. The van der Waals surface area contributed by atoms with Gasteiger partial charge in [0.2, 0.25) is 5.89 Å². The van der Waals surface area contributed by atoms with Gasteiger partial charge in [-0.25, -0.2) is 4.98 Å². The van der Waals surface area contributed by atoms with Crippen LogP contribution in [0.3, 0.4) is 0 Å². The second-order valence-corrected chi connectivity index (χ2v) is 6.58. The van der Waals surface area contributed by atoms with Gasteiger partial charge in [0, 0.05) is 15.3 Å². The number of hydrogen-bond acceptors (Lipinski definition) is 7. The molecular weight excluding hydrogens is 328 g/mol. The van der Waals surface area contributed by atoms with Crippen LogP contribution in [0.1, 0.15) is 17.4 Å². The first-order valence-electron chi connectivity index (χ1n) is 6.09. The van der Waals surface area contributed by atoms with Crippen molar-refractivity contribution in [1.82, 2.24) is 15.1 Å². The molecule has 108 valence electrons. The summed E-state index contributed by atoms with van der Waals surface area (Å²) in [5.74, 6) is 1.82. The third-order valence-electron chi connectivity index (χ3n) is 2.58. The molecule has 0 saturated carbocycles. The number of aromatic nitrogens is 3. The lowest BCUT2D eigenvalue weighted by molar-refractivity contribution is 0.380. The molecule has 2 N–H and O–H groups in total. The highest BCUT2D eigenvalue weighted by atomic mass is 35.5. The average molecular weight is 339 g/mol. The van der Waals surface area contributed by atoms with Crippen LogP contribution in [0.4, 0.5) is 5.13 Å². The van der Waals surface area contributed by atoms with Crippen LogP contribution in [0.15, 0.2) is 39.1 Å². The van der Waals surface area contributed by atoms with Crippen molar-refractivity contribution in [2.45, 2.75) is 17.1 Å². The molecule has 0 radical (unpaired) electrons. The molecule has 0 amide bonds. The van der Waals surface area contributed by atoms with Crippen molar-refractivity contribution in [2.24, 2.45) is 0 Å². The van der Waals surface area contributed by atoms with Crippen LogP contribution in [0.2, 0.25) is 5.02 Å². The number of thioether (sulfide) groups is 1. The van der Waals surface area contributed by atoms with Gasteiger partial charge in [0.25, 0.3) is 0 Å². The summed E-state index contributed by atoms with van der Waals surface area (Å²) in [5.41, 5.74) is 6.43. The summed E-state index contributed by atoms with van der Waals surface area (Å²) in [5, 5.41) is 7.11. The molecule has 0 saturated heterocycles. The van der Waals surface area contributed by atoms with Crippen LogP contribution in [0.25, 0.3) is 0 Å². The zero-order valence-electron chi connectivity index (χ0n) is 10.8. The van der Waals surface area contributed by atoms with E-state index in [9.17, 15) is 0 Å². The lowest BCUT2D eigenvalue weighted by Crippen LogP contribution is -1.91. The van der Waals surface area contributed by atoms with E-state index < -0.39 is 0 Å². The van der Waals surface area contributed by atoms with Gasteiger partial charge in [0.15, 0.2) is 11.0 Å². The van der Waals surface area contributed by atoms with Crippen LogP contribution in [0, 0.1) is 0 Å². The summed E-state index contributed by atoms with van der Waals surface area (Å²) in [6.07, 6.45) is 0.503. The third kappa shape index (κ3) is 3.96. The molecule has 0 aliphatic rings. The van der Waals surface area contributed by atoms with Gasteiger partial charge in [0.05, 0.1) is 17.9 Å². The zero-order valence-corrected chi connectivity index (χ0v) is 13.2. The van der Waals surface area contributed by atoms with Crippen molar-refractivity contribution < 1.29 is 4.52 Å². The number of nitrogens with zero attached hydrogens (tertiary/aromatic N) is 3. The van der Waals surface area contributed by atoms with E-state index in [1.807, 2.05) is 29.6 Å². The highest BCUT2D eigenvalue weighted by molar-refractivity contribution is 7.98. The Kier molecular flexibility index (Phi) is 4.42. The van der Waals surface area contributed by atoms with E-state index >= 15 is 0 Å². The number of thiazole rings is 1. The van der Waals surface area contributed by atoms with Crippen molar-refractivity contribution in [3.8, 4) is 0 Å². The molecule has 3 aromatic rings. The van der Waals surface area contributed by atoms with E-state index in [2.05, 4.69) is 15.1 Å². The Morgan fingerprint density at radius 3 is 3.00 bits per heavy atom. The first-order chi connectivity index (χ1) is 10.2. The number of halogens is 1. The van der Waals surface area contributed by atoms with Crippen molar-refractivity contribution in [3.63, 3.8) is 0 Å². The minimum atomic E-state index is 0.503. The van der Waals surface area contributed by atoms with E-state index in [-0.39, 0.29) is 0 Å². The number of benzene rings is 1. The highest BCUT2D eigenvalue weighted by Crippen LogP contribution is 2.24. The second kappa shape index (κ2) is 6.46. The van der Waals surface area contributed by atoms with Crippen molar-refractivity contribution in [1.29, 1.82) is 0 Å².